The molecule has 1 aromatic carbocycles. The van der Waals surface area contributed by atoms with Crippen molar-refractivity contribution < 1.29 is 18.3 Å². The zero-order chi connectivity index (χ0) is 12.8. The highest BCUT2D eigenvalue weighted by molar-refractivity contribution is 5.92. The first-order valence-electron chi connectivity index (χ1n) is 4.87. The van der Waals surface area contributed by atoms with Crippen LogP contribution in [-0.2, 0) is 4.79 Å². The summed E-state index contributed by atoms with van der Waals surface area (Å²) in [6.07, 6.45) is -0.379. The number of nitriles is 1. The molecule has 1 N–H and O–H groups in total. The quantitative estimate of drug-likeness (QED) is 0.877. The van der Waals surface area contributed by atoms with Gasteiger partial charge in [-0.1, -0.05) is 0 Å². The number of rotatable bonds is 4. The number of carbonyl (C=O) groups is 1. The van der Waals surface area contributed by atoms with E-state index in [9.17, 15) is 13.6 Å². The minimum atomic E-state index is -0.904. The van der Waals surface area contributed by atoms with Gasteiger partial charge in [0, 0.05) is 17.8 Å². The largest absolute Gasteiger partial charge is 0.488 e. The van der Waals surface area contributed by atoms with Crippen LogP contribution in [0, 0.1) is 23.0 Å². The number of halogens is 2. The van der Waals surface area contributed by atoms with Crippen LogP contribution in [-0.4, -0.2) is 12.5 Å². The van der Waals surface area contributed by atoms with E-state index in [2.05, 4.69) is 5.32 Å². The molecule has 0 bridgehead atoms. The first kappa shape index (κ1) is 12.9. The maximum Gasteiger partial charge on any atom is 0.238 e. The number of anilines is 1. The predicted molar refractivity (Wildman–Crippen MR) is 56.4 cm³/mol. The van der Waals surface area contributed by atoms with Crippen LogP contribution in [0.3, 0.4) is 0 Å². The zero-order valence-electron chi connectivity index (χ0n) is 9.09. The minimum Gasteiger partial charge on any atom is -0.488 e. The monoisotopic (exact) mass is 240 g/mol. The number of hydrogen-bond donors (Lipinski definition) is 1. The van der Waals surface area contributed by atoms with Gasteiger partial charge in [-0.15, -0.1) is 0 Å². The fraction of sp³-hybridized carbons (Fsp3) is 0.273. The van der Waals surface area contributed by atoms with Gasteiger partial charge < -0.3 is 10.1 Å². The normalized spacial score (nSPS) is 9.53. The van der Waals surface area contributed by atoms with Gasteiger partial charge in [0.05, 0.1) is 12.7 Å². The summed E-state index contributed by atoms with van der Waals surface area (Å²) < 4.78 is 31.5. The molecule has 4 nitrogen and oxygen atoms in total. The Morgan fingerprint density at radius 3 is 2.53 bits per heavy atom. The second kappa shape index (κ2) is 5.80. The zero-order valence-corrected chi connectivity index (χ0v) is 9.09. The van der Waals surface area contributed by atoms with Crippen LogP contribution in [0.25, 0.3) is 0 Å². The van der Waals surface area contributed by atoms with E-state index >= 15 is 0 Å². The van der Waals surface area contributed by atoms with Crippen LogP contribution < -0.4 is 10.1 Å². The highest BCUT2D eigenvalue weighted by Crippen LogP contribution is 2.25. The van der Waals surface area contributed by atoms with Crippen molar-refractivity contribution in [2.24, 2.45) is 0 Å². The van der Waals surface area contributed by atoms with Gasteiger partial charge in [0.25, 0.3) is 0 Å². The molecular formula is C11H10F2N2O2. The van der Waals surface area contributed by atoms with Crippen molar-refractivity contribution in [3.8, 4) is 11.8 Å². The van der Waals surface area contributed by atoms with Gasteiger partial charge in [0.15, 0.2) is 17.4 Å². The molecule has 0 aromatic heterocycles. The third kappa shape index (κ3) is 3.41. The Hall–Kier alpha value is -2.16. The van der Waals surface area contributed by atoms with Gasteiger partial charge >= 0.3 is 0 Å². The van der Waals surface area contributed by atoms with Crippen molar-refractivity contribution >= 4 is 11.6 Å². The average Bonchev–Trinajstić information content (AvgIpc) is 2.23. The van der Waals surface area contributed by atoms with Crippen LogP contribution in [0.5, 0.6) is 5.75 Å². The molecule has 0 saturated carbocycles. The van der Waals surface area contributed by atoms with Crippen molar-refractivity contribution in [2.75, 3.05) is 11.9 Å². The SMILES string of the molecule is CCOc1c(F)cc(NC(=O)CC#N)cc1F. The summed E-state index contributed by atoms with van der Waals surface area (Å²) >= 11 is 0. The van der Waals surface area contributed by atoms with Gasteiger partial charge in [0.2, 0.25) is 5.91 Å². The lowest BCUT2D eigenvalue weighted by atomic mass is 10.2. The number of ether oxygens (including phenoxy) is 1. The van der Waals surface area contributed by atoms with Gasteiger partial charge in [-0.2, -0.15) is 5.26 Å². The maximum absolute atomic E-state index is 13.4. The molecule has 90 valence electrons. The molecule has 0 spiro atoms. The van der Waals surface area contributed by atoms with Crippen LogP contribution in [0.15, 0.2) is 12.1 Å². The predicted octanol–water partition coefficient (Wildman–Crippen LogP) is 2.22. The van der Waals surface area contributed by atoms with Crippen LogP contribution in [0.1, 0.15) is 13.3 Å². The lowest BCUT2D eigenvalue weighted by Crippen LogP contribution is -2.11. The summed E-state index contributed by atoms with van der Waals surface area (Å²) in [4.78, 5) is 11.0. The molecule has 1 rings (SSSR count). The minimum absolute atomic E-state index is 0.0521. The first-order valence-corrected chi connectivity index (χ1v) is 4.87. The van der Waals surface area contributed by atoms with Crippen molar-refractivity contribution in [1.82, 2.24) is 0 Å². The van der Waals surface area contributed by atoms with Crippen molar-refractivity contribution in [2.45, 2.75) is 13.3 Å². The molecular weight excluding hydrogens is 230 g/mol. The second-order valence-corrected chi connectivity index (χ2v) is 3.09. The molecule has 0 unspecified atom stereocenters. The van der Waals surface area contributed by atoms with E-state index in [1.165, 1.54) is 0 Å². The Labute approximate surface area is 96.8 Å². The molecule has 6 heteroatoms. The summed E-state index contributed by atoms with van der Waals surface area (Å²) in [7, 11) is 0. The number of hydrogen-bond acceptors (Lipinski definition) is 3. The number of amides is 1. The number of nitrogens with zero attached hydrogens (tertiary/aromatic N) is 1. The Balaban J connectivity index is 2.91. The highest BCUT2D eigenvalue weighted by Gasteiger charge is 2.13. The molecule has 0 aliphatic rings. The molecule has 0 fully saturated rings. The molecule has 1 amide bonds. The van der Waals surface area contributed by atoms with E-state index in [1.807, 2.05) is 0 Å². The third-order valence-corrected chi connectivity index (χ3v) is 1.81. The molecule has 0 heterocycles. The van der Waals surface area contributed by atoms with E-state index in [1.54, 1.807) is 13.0 Å². The van der Waals surface area contributed by atoms with Gasteiger partial charge in [-0.25, -0.2) is 8.78 Å². The number of carbonyl (C=O) groups excluding carboxylic acids is 1. The number of benzene rings is 1. The standard InChI is InChI=1S/C11H10F2N2O2/c1-2-17-11-8(12)5-7(6-9(11)13)15-10(16)3-4-14/h5-6H,2-3H2,1H3,(H,15,16). The molecule has 0 atom stereocenters. The van der Waals surface area contributed by atoms with E-state index in [0.29, 0.717) is 0 Å². The smallest absolute Gasteiger partial charge is 0.238 e. The molecule has 1 aromatic rings. The Kier molecular flexibility index (Phi) is 4.40. The summed E-state index contributed by atoms with van der Waals surface area (Å²) in [6.45, 7) is 1.73. The molecule has 0 aliphatic heterocycles. The van der Waals surface area contributed by atoms with Gasteiger partial charge in [0.1, 0.15) is 6.42 Å². The Bertz CT molecular complexity index is 446. The van der Waals surface area contributed by atoms with E-state index < -0.39 is 23.3 Å². The van der Waals surface area contributed by atoms with Crippen LogP contribution >= 0.6 is 0 Å². The fourth-order valence-corrected chi connectivity index (χ4v) is 1.19. The molecule has 0 radical (unpaired) electrons. The maximum atomic E-state index is 13.4. The highest BCUT2D eigenvalue weighted by atomic mass is 19.1. The third-order valence-electron chi connectivity index (χ3n) is 1.81. The van der Waals surface area contributed by atoms with Crippen LogP contribution in [0.2, 0.25) is 0 Å². The van der Waals surface area contributed by atoms with E-state index in [-0.39, 0.29) is 18.7 Å². The summed E-state index contributed by atoms with van der Waals surface area (Å²) in [5.41, 5.74) is -0.0521. The molecule has 17 heavy (non-hydrogen) atoms. The summed E-state index contributed by atoms with van der Waals surface area (Å²) in [6, 6.07) is 3.49. The van der Waals surface area contributed by atoms with Crippen molar-refractivity contribution in [3.05, 3.63) is 23.8 Å². The summed E-state index contributed by atoms with van der Waals surface area (Å²) in [5, 5.41) is 10.5. The van der Waals surface area contributed by atoms with Crippen molar-refractivity contribution in [3.63, 3.8) is 0 Å². The Morgan fingerprint density at radius 1 is 1.47 bits per heavy atom. The topological polar surface area (TPSA) is 62.1 Å². The average molecular weight is 240 g/mol. The van der Waals surface area contributed by atoms with Crippen LogP contribution in [0.4, 0.5) is 14.5 Å². The second-order valence-electron chi connectivity index (χ2n) is 3.09. The Morgan fingerprint density at radius 2 is 2.06 bits per heavy atom. The van der Waals surface area contributed by atoms with E-state index in [0.717, 1.165) is 12.1 Å². The molecule has 0 aliphatic carbocycles. The van der Waals surface area contributed by atoms with E-state index in [4.69, 9.17) is 10.00 Å². The van der Waals surface area contributed by atoms with Crippen molar-refractivity contribution in [1.29, 1.82) is 5.26 Å². The lowest BCUT2D eigenvalue weighted by molar-refractivity contribution is -0.115. The first-order chi connectivity index (χ1) is 8.08. The molecule has 0 saturated heterocycles. The van der Waals surface area contributed by atoms with Gasteiger partial charge in [-0.05, 0) is 6.92 Å². The fourth-order valence-electron chi connectivity index (χ4n) is 1.19. The summed E-state index contributed by atoms with van der Waals surface area (Å²) in [5.74, 6) is -2.92. The number of nitrogens with one attached hydrogen (secondary N) is 1. The lowest BCUT2D eigenvalue weighted by Gasteiger charge is -2.08. The van der Waals surface area contributed by atoms with Gasteiger partial charge in [-0.3, -0.25) is 4.79 Å².